The number of nitrogens with zero attached hydrogens (tertiary/aromatic N) is 2. The minimum atomic E-state index is -3.71. The molecule has 1 aliphatic heterocycles. The molecule has 2 aromatic rings. The van der Waals surface area contributed by atoms with E-state index in [0.717, 1.165) is 25.7 Å². The molecule has 1 fully saturated rings. The zero-order valence-electron chi connectivity index (χ0n) is 17.3. The van der Waals surface area contributed by atoms with Crippen LogP contribution in [0.2, 0.25) is 0 Å². The molecule has 0 saturated carbocycles. The number of hydrogen-bond acceptors (Lipinski definition) is 4. The summed E-state index contributed by atoms with van der Waals surface area (Å²) in [5, 5.41) is 0. The fraction of sp³-hybridized carbons (Fsp3) is 0.409. The van der Waals surface area contributed by atoms with E-state index < -0.39 is 21.7 Å². The molecule has 0 spiro atoms. The van der Waals surface area contributed by atoms with Crippen molar-refractivity contribution in [3.8, 4) is 5.75 Å². The molecule has 3 rings (SSSR count). The third-order valence-electron chi connectivity index (χ3n) is 5.30. The molecule has 1 heterocycles. The lowest BCUT2D eigenvalue weighted by Crippen LogP contribution is -2.33. The molecular formula is C22H27FN2O4S. The summed E-state index contributed by atoms with van der Waals surface area (Å²) in [5.74, 6) is -0.519. The Kier molecular flexibility index (Phi) is 7.10. The highest BCUT2D eigenvalue weighted by atomic mass is 32.2. The maximum Gasteiger partial charge on any atom is 0.262 e. The van der Waals surface area contributed by atoms with Gasteiger partial charge in [-0.3, -0.25) is 4.79 Å². The van der Waals surface area contributed by atoms with Crippen LogP contribution in [0.5, 0.6) is 5.75 Å². The number of sulfonamides is 1. The molecule has 8 heteroatoms. The quantitative estimate of drug-likeness (QED) is 0.688. The first-order valence-corrected chi connectivity index (χ1v) is 11.6. The standard InChI is InChI=1S/C22H27FN2O4S/c1-3-25(18-10-8-17(23)9-11-18)22(26)20-16-19(12-13-21(20)29-2)30(27,28)24-14-6-4-5-7-15-24/h8-13,16H,3-7,14-15H2,1-2H3. The number of amides is 1. The minimum absolute atomic E-state index is 0.0729. The fourth-order valence-corrected chi connectivity index (χ4v) is 5.20. The van der Waals surface area contributed by atoms with Crippen molar-refractivity contribution in [3.05, 3.63) is 53.8 Å². The molecule has 0 radical (unpaired) electrons. The lowest BCUT2D eigenvalue weighted by atomic mass is 10.1. The van der Waals surface area contributed by atoms with Crippen LogP contribution in [-0.4, -0.2) is 45.4 Å². The zero-order chi connectivity index (χ0) is 21.7. The van der Waals surface area contributed by atoms with Gasteiger partial charge < -0.3 is 9.64 Å². The van der Waals surface area contributed by atoms with E-state index in [1.165, 1.54) is 58.8 Å². The van der Waals surface area contributed by atoms with Gasteiger partial charge in [-0.1, -0.05) is 12.8 Å². The van der Waals surface area contributed by atoms with Gasteiger partial charge in [0.05, 0.1) is 17.6 Å². The fourth-order valence-electron chi connectivity index (χ4n) is 3.66. The summed E-state index contributed by atoms with van der Waals surface area (Å²) in [6.45, 7) is 3.09. The van der Waals surface area contributed by atoms with Gasteiger partial charge in [-0.05, 0) is 62.2 Å². The zero-order valence-corrected chi connectivity index (χ0v) is 18.1. The van der Waals surface area contributed by atoms with Gasteiger partial charge >= 0.3 is 0 Å². The smallest absolute Gasteiger partial charge is 0.262 e. The van der Waals surface area contributed by atoms with E-state index in [-0.39, 0.29) is 16.2 Å². The Morgan fingerprint density at radius 2 is 1.70 bits per heavy atom. The van der Waals surface area contributed by atoms with Gasteiger partial charge in [-0.15, -0.1) is 0 Å². The summed E-state index contributed by atoms with van der Waals surface area (Å²) in [4.78, 5) is 14.8. The number of carbonyl (C=O) groups excluding carboxylic acids is 1. The van der Waals surface area contributed by atoms with Crippen LogP contribution in [0.25, 0.3) is 0 Å². The topological polar surface area (TPSA) is 66.9 Å². The number of benzene rings is 2. The van der Waals surface area contributed by atoms with E-state index in [1.807, 2.05) is 0 Å². The summed E-state index contributed by atoms with van der Waals surface area (Å²) < 4.78 is 46.5. The van der Waals surface area contributed by atoms with E-state index in [2.05, 4.69) is 0 Å². The molecule has 30 heavy (non-hydrogen) atoms. The number of ether oxygens (including phenoxy) is 1. The highest BCUT2D eigenvalue weighted by Gasteiger charge is 2.28. The van der Waals surface area contributed by atoms with Gasteiger partial charge in [-0.2, -0.15) is 4.31 Å². The van der Waals surface area contributed by atoms with E-state index in [9.17, 15) is 17.6 Å². The van der Waals surface area contributed by atoms with Crippen LogP contribution in [-0.2, 0) is 10.0 Å². The molecule has 1 aliphatic rings. The number of rotatable bonds is 6. The Morgan fingerprint density at radius 3 is 2.27 bits per heavy atom. The van der Waals surface area contributed by atoms with Crippen LogP contribution in [0.1, 0.15) is 43.0 Å². The van der Waals surface area contributed by atoms with Crippen molar-refractivity contribution in [2.75, 3.05) is 31.6 Å². The molecule has 0 N–H and O–H groups in total. The number of carbonyl (C=O) groups is 1. The predicted octanol–water partition coefficient (Wildman–Crippen LogP) is 4.07. The number of methoxy groups -OCH3 is 1. The summed E-state index contributed by atoms with van der Waals surface area (Å²) in [6.07, 6.45) is 3.69. The normalized spacial score (nSPS) is 15.4. The highest BCUT2D eigenvalue weighted by molar-refractivity contribution is 7.89. The molecular weight excluding hydrogens is 407 g/mol. The van der Waals surface area contributed by atoms with Crippen molar-refractivity contribution < 1.29 is 22.3 Å². The van der Waals surface area contributed by atoms with Crippen molar-refractivity contribution in [2.45, 2.75) is 37.5 Å². The van der Waals surface area contributed by atoms with Gasteiger partial charge in [0.2, 0.25) is 10.0 Å². The Morgan fingerprint density at radius 1 is 1.07 bits per heavy atom. The summed E-state index contributed by atoms with van der Waals surface area (Å²) in [7, 11) is -2.28. The second-order valence-electron chi connectivity index (χ2n) is 7.21. The molecule has 0 atom stereocenters. The van der Waals surface area contributed by atoms with Gasteiger partial charge in [0, 0.05) is 25.3 Å². The first-order valence-electron chi connectivity index (χ1n) is 10.1. The average Bonchev–Trinajstić information content (AvgIpc) is 3.05. The number of hydrogen-bond donors (Lipinski definition) is 0. The largest absolute Gasteiger partial charge is 0.496 e. The maximum atomic E-state index is 13.3. The van der Waals surface area contributed by atoms with Crippen molar-refractivity contribution >= 4 is 21.6 Å². The van der Waals surface area contributed by atoms with Crippen LogP contribution in [0.3, 0.4) is 0 Å². The summed E-state index contributed by atoms with van der Waals surface area (Å²) in [6, 6.07) is 9.96. The Hall–Kier alpha value is -2.45. The lowest BCUT2D eigenvalue weighted by Gasteiger charge is -2.24. The monoisotopic (exact) mass is 434 g/mol. The van der Waals surface area contributed by atoms with E-state index in [0.29, 0.717) is 25.3 Å². The van der Waals surface area contributed by atoms with Gasteiger partial charge in [0.1, 0.15) is 11.6 Å². The molecule has 6 nitrogen and oxygen atoms in total. The second-order valence-corrected chi connectivity index (χ2v) is 9.14. The molecule has 1 amide bonds. The minimum Gasteiger partial charge on any atom is -0.496 e. The Bertz CT molecular complexity index is 985. The van der Waals surface area contributed by atoms with E-state index in [4.69, 9.17) is 4.74 Å². The van der Waals surface area contributed by atoms with Gasteiger partial charge in [-0.25, -0.2) is 12.8 Å². The molecule has 0 unspecified atom stereocenters. The Balaban J connectivity index is 1.99. The predicted molar refractivity (Wildman–Crippen MR) is 114 cm³/mol. The van der Waals surface area contributed by atoms with Crippen molar-refractivity contribution in [1.82, 2.24) is 4.31 Å². The molecule has 0 bridgehead atoms. The third-order valence-corrected chi connectivity index (χ3v) is 7.20. The summed E-state index contributed by atoms with van der Waals surface area (Å²) in [5.41, 5.74) is 0.673. The lowest BCUT2D eigenvalue weighted by molar-refractivity contribution is 0.0985. The first kappa shape index (κ1) is 22.2. The highest BCUT2D eigenvalue weighted by Crippen LogP contribution is 2.28. The molecule has 1 saturated heterocycles. The maximum absolute atomic E-state index is 13.3. The van der Waals surface area contributed by atoms with Crippen LogP contribution in [0.4, 0.5) is 10.1 Å². The number of anilines is 1. The molecule has 162 valence electrons. The van der Waals surface area contributed by atoms with Gasteiger partial charge in [0.15, 0.2) is 0 Å². The average molecular weight is 435 g/mol. The van der Waals surface area contributed by atoms with Crippen LogP contribution in [0.15, 0.2) is 47.4 Å². The van der Waals surface area contributed by atoms with Crippen LogP contribution < -0.4 is 9.64 Å². The van der Waals surface area contributed by atoms with Gasteiger partial charge in [0.25, 0.3) is 5.91 Å². The van der Waals surface area contributed by atoms with Crippen molar-refractivity contribution in [3.63, 3.8) is 0 Å². The molecule has 0 aliphatic carbocycles. The third kappa shape index (κ3) is 4.65. The first-order chi connectivity index (χ1) is 14.4. The second kappa shape index (κ2) is 9.57. The molecule has 0 aromatic heterocycles. The van der Waals surface area contributed by atoms with E-state index in [1.54, 1.807) is 6.92 Å². The number of halogens is 1. The Labute approximate surface area is 177 Å². The van der Waals surface area contributed by atoms with Crippen LogP contribution in [0, 0.1) is 5.82 Å². The molecule has 2 aromatic carbocycles. The van der Waals surface area contributed by atoms with Crippen molar-refractivity contribution in [2.24, 2.45) is 0 Å². The van der Waals surface area contributed by atoms with E-state index >= 15 is 0 Å². The van der Waals surface area contributed by atoms with Crippen LogP contribution >= 0.6 is 0 Å². The SMILES string of the molecule is CCN(C(=O)c1cc(S(=O)(=O)N2CCCCCC2)ccc1OC)c1ccc(F)cc1. The van der Waals surface area contributed by atoms with Crippen molar-refractivity contribution in [1.29, 1.82) is 0 Å². The summed E-state index contributed by atoms with van der Waals surface area (Å²) >= 11 is 0.